The van der Waals surface area contributed by atoms with Crippen LogP contribution in [0.2, 0.25) is 0 Å². The van der Waals surface area contributed by atoms with E-state index in [9.17, 15) is 4.79 Å². The van der Waals surface area contributed by atoms with Gasteiger partial charge in [-0.05, 0) is 32.1 Å². The molecule has 22 heavy (non-hydrogen) atoms. The fourth-order valence-corrected chi connectivity index (χ4v) is 3.34. The first-order valence-corrected chi connectivity index (χ1v) is 9.08. The van der Waals surface area contributed by atoms with Gasteiger partial charge in [-0.25, -0.2) is 0 Å². The minimum Gasteiger partial charge on any atom is -0.356 e. The maximum Gasteiger partial charge on any atom is 0.220 e. The van der Waals surface area contributed by atoms with Gasteiger partial charge in [0, 0.05) is 49.8 Å². The number of benzene rings is 1. The molecule has 4 nitrogen and oxygen atoms in total. The zero-order valence-corrected chi connectivity index (χ0v) is 14.3. The SMILES string of the molecule is CN1CCN(CCCNC(=O)CCSc2ccccc2)CC1. The molecule has 0 radical (unpaired) electrons. The van der Waals surface area contributed by atoms with E-state index in [2.05, 4.69) is 34.3 Å². The van der Waals surface area contributed by atoms with Crippen LogP contribution in [-0.4, -0.2) is 67.8 Å². The van der Waals surface area contributed by atoms with Crippen LogP contribution in [0.15, 0.2) is 35.2 Å². The predicted molar refractivity (Wildman–Crippen MR) is 93.3 cm³/mol. The van der Waals surface area contributed by atoms with E-state index in [0.29, 0.717) is 6.42 Å². The molecule has 1 saturated heterocycles. The molecular formula is C17H27N3OS. The van der Waals surface area contributed by atoms with Crippen LogP contribution in [0.25, 0.3) is 0 Å². The van der Waals surface area contributed by atoms with Crippen LogP contribution in [-0.2, 0) is 4.79 Å². The maximum absolute atomic E-state index is 11.8. The summed E-state index contributed by atoms with van der Waals surface area (Å²) < 4.78 is 0. The van der Waals surface area contributed by atoms with Gasteiger partial charge in [0.15, 0.2) is 0 Å². The average Bonchev–Trinajstić information content (AvgIpc) is 2.54. The molecule has 2 rings (SSSR count). The molecule has 0 spiro atoms. The summed E-state index contributed by atoms with van der Waals surface area (Å²) in [5.74, 6) is 1.01. The van der Waals surface area contributed by atoms with Crippen molar-refractivity contribution in [2.75, 3.05) is 52.1 Å². The first-order valence-electron chi connectivity index (χ1n) is 8.09. The lowest BCUT2D eigenvalue weighted by atomic mass is 10.3. The number of carbonyl (C=O) groups is 1. The van der Waals surface area contributed by atoms with Gasteiger partial charge in [-0.15, -0.1) is 11.8 Å². The number of carbonyl (C=O) groups excluding carboxylic acids is 1. The Morgan fingerprint density at radius 1 is 1.18 bits per heavy atom. The van der Waals surface area contributed by atoms with E-state index in [1.54, 1.807) is 11.8 Å². The number of thioether (sulfide) groups is 1. The molecule has 122 valence electrons. The molecule has 0 atom stereocenters. The number of piperazine rings is 1. The number of nitrogens with zero attached hydrogens (tertiary/aromatic N) is 2. The molecule has 1 aromatic carbocycles. The highest BCUT2D eigenvalue weighted by Crippen LogP contribution is 2.17. The summed E-state index contributed by atoms with van der Waals surface area (Å²) >= 11 is 1.74. The quantitative estimate of drug-likeness (QED) is 0.586. The summed E-state index contributed by atoms with van der Waals surface area (Å²) in [5, 5.41) is 3.03. The molecule has 0 saturated carbocycles. The Morgan fingerprint density at radius 2 is 1.91 bits per heavy atom. The third-order valence-corrected chi connectivity index (χ3v) is 4.92. The largest absolute Gasteiger partial charge is 0.356 e. The third-order valence-electron chi connectivity index (χ3n) is 3.91. The highest BCUT2D eigenvalue weighted by atomic mass is 32.2. The molecule has 1 amide bonds. The molecule has 1 aliphatic rings. The smallest absolute Gasteiger partial charge is 0.220 e. The van der Waals surface area contributed by atoms with Crippen LogP contribution in [0.4, 0.5) is 0 Å². The van der Waals surface area contributed by atoms with E-state index in [4.69, 9.17) is 0 Å². The molecular weight excluding hydrogens is 294 g/mol. The van der Waals surface area contributed by atoms with Gasteiger partial charge in [0.1, 0.15) is 0 Å². The Morgan fingerprint density at radius 3 is 2.64 bits per heavy atom. The first kappa shape index (κ1) is 17.3. The van der Waals surface area contributed by atoms with Gasteiger partial charge in [0.2, 0.25) is 5.91 Å². The van der Waals surface area contributed by atoms with E-state index < -0.39 is 0 Å². The average molecular weight is 321 g/mol. The van der Waals surface area contributed by atoms with Crippen LogP contribution in [0, 0.1) is 0 Å². The van der Waals surface area contributed by atoms with Gasteiger partial charge < -0.3 is 15.1 Å². The molecule has 1 aliphatic heterocycles. The zero-order chi connectivity index (χ0) is 15.6. The van der Waals surface area contributed by atoms with Crippen molar-refractivity contribution >= 4 is 17.7 Å². The Kier molecular flexibility index (Phi) is 7.77. The van der Waals surface area contributed by atoms with E-state index in [1.165, 1.54) is 4.90 Å². The minimum atomic E-state index is 0.168. The minimum absolute atomic E-state index is 0.168. The van der Waals surface area contributed by atoms with E-state index in [1.807, 2.05) is 18.2 Å². The van der Waals surface area contributed by atoms with Crippen molar-refractivity contribution in [2.45, 2.75) is 17.7 Å². The maximum atomic E-state index is 11.8. The molecule has 0 unspecified atom stereocenters. The van der Waals surface area contributed by atoms with Crippen LogP contribution in [0.5, 0.6) is 0 Å². The van der Waals surface area contributed by atoms with Gasteiger partial charge >= 0.3 is 0 Å². The Bertz CT molecular complexity index is 433. The van der Waals surface area contributed by atoms with Crippen molar-refractivity contribution in [2.24, 2.45) is 0 Å². The highest BCUT2D eigenvalue weighted by Gasteiger charge is 2.12. The summed E-state index contributed by atoms with van der Waals surface area (Å²) in [7, 11) is 2.17. The summed E-state index contributed by atoms with van der Waals surface area (Å²) in [6.07, 6.45) is 1.63. The Labute approximate surface area is 138 Å². The molecule has 1 heterocycles. The highest BCUT2D eigenvalue weighted by molar-refractivity contribution is 7.99. The fraction of sp³-hybridized carbons (Fsp3) is 0.588. The van der Waals surface area contributed by atoms with Gasteiger partial charge in [-0.2, -0.15) is 0 Å². The van der Waals surface area contributed by atoms with E-state index in [0.717, 1.165) is 51.4 Å². The van der Waals surface area contributed by atoms with Crippen LogP contribution < -0.4 is 5.32 Å². The summed E-state index contributed by atoms with van der Waals surface area (Å²) in [6, 6.07) is 10.2. The van der Waals surface area contributed by atoms with Crippen molar-refractivity contribution < 1.29 is 4.79 Å². The Hall–Kier alpha value is -1.04. The van der Waals surface area contributed by atoms with Crippen LogP contribution in [0.1, 0.15) is 12.8 Å². The second-order valence-corrected chi connectivity index (χ2v) is 6.93. The summed E-state index contributed by atoms with van der Waals surface area (Å²) in [5.41, 5.74) is 0. The second-order valence-electron chi connectivity index (χ2n) is 5.76. The normalized spacial score (nSPS) is 16.6. The van der Waals surface area contributed by atoms with Crippen LogP contribution in [0.3, 0.4) is 0 Å². The zero-order valence-electron chi connectivity index (χ0n) is 13.5. The molecule has 0 bridgehead atoms. The molecule has 1 fully saturated rings. The lowest BCUT2D eigenvalue weighted by Gasteiger charge is -2.32. The number of hydrogen-bond acceptors (Lipinski definition) is 4. The first-order chi connectivity index (χ1) is 10.7. The predicted octanol–water partition coefficient (Wildman–Crippen LogP) is 1.92. The second kappa shape index (κ2) is 9.87. The van der Waals surface area contributed by atoms with Crippen molar-refractivity contribution in [3.63, 3.8) is 0 Å². The topological polar surface area (TPSA) is 35.6 Å². The van der Waals surface area contributed by atoms with Gasteiger partial charge in [-0.1, -0.05) is 18.2 Å². The van der Waals surface area contributed by atoms with Gasteiger partial charge in [-0.3, -0.25) is 4.79 Å². The molecule has 5 heteroatoms. The van der Waals surface area contributed by atoms with Crippen molar-refractivity contribution in [1.29, 1.82) is 0 Å². The van der Waals surface area contributed by atoms with E-state index >= 15 is 0 Å². The lowest BCUT2D eigenvalue weighted by Crippen LogP contribution is -2.45. The Balaban J connectivity index is 1.47. The summed E-state index contributed by atoms with van der Waals surface area (Å²) in [4.78, 5) is 17.9. The van der Waals surface area contributed by atoms with Crippen molar-refractivity contribution in [1.82, 2.24) is 15.1 Å². The number of amides is 1. The molecule has 1 N–H and O–H groups in total. The van der Waals surface area contributed by atoms with E-state index in [-0.39, 0.29) is 5.91 Å². The number of rotatable bonds is 8. The number of hydrogen-bond donors (Lipinski definition) is 1. The lowest BCUT2D eigenvalue weighted by molar-refractivity contribution is -0.120. The monoisotopic (exact) mass is 321 g/mol. The van der Waals surface area contributed by atoms with Gasteiger partial charge in [0.25, 0.3) is 0 Å². The molecule has 0 aliphatic carbocycles. The third kappa shape index (κ3) is 6.81. The number of likely N-dealkylation sites (N-methyl/N-ethyl adjacent to an activating group) is 1. The summed E-state index contributed by atoms with van der Waals surface area (Å²) in [6.45, 7) is 6.50. The standard InChI is InChI=1S/C17H27N3OS/c1-19-11-13-20(14-12-19)10-5-9-18-17(21)8-15-22-16-6-3-2-4-7-16/h2-4,6-7H,5,8-15H2,1H3,(H,18,21). The molecule has 0 aromatic heterocycles. The fourth-order valence-electron chi connectivity index (χ4n) is 2.47. The molecule has 1 aromatic rings. The van der Waals surface area contributed by atoms with Crippen LogP contribution >= 0.6 is 11.8 Å². The van der Waals surface area contributed by atoms with Gasteiger partial charge in [0.05, 0.1) is 0 Å². The van der Waals surface area contributed by atoms with Crippen molar-refractivity contribution in [3.8, 4) is 0 Å². The number of nitrogens with one attached hydrogen (secondary N) is 1. The van der Waals surface area contributed by atoms with Crippen molar-refractivity contribution in [3.05, 3.63) is 30.3 Å².